The lowest BCUT2D eigenvalue weighted by Crippen LogP contribution is -2.30. The van der Waals surface area contributed by atoms with Gasteiger partial charge < -0.3 is 4.57 Å². The van der Waals surface area contributed by atoms with E-state index in [-0.39, 0.29) is 17.0 Å². The van der Waals surface area contributed by atoms with Gasteiger partial charge in [-0.25, -0.2) is 28.1 Å². The third-order valence-electron chi connectivity index (χ3n) is 5.20. The van der Waals surface area contributed by atoms with E-state index < -0.39 is 10.0 Å². The van der Waals surface area contributed by atoms with E-state index in [4.69, 9.17) is 11.6 Å². The van der Waals surface area contributed by atoms with E-state index in [1.54, 1.807) is 26.1 Å². The van der Waals surface area contributed by atoms with Crippen LogP contribution in [0.25, 0.3) is 22.4 Å². The molecule has 3 heterocycles. The Hall–Kier alpha value is -2.54. The largest absolute Gasteiger partial charge is 0.334 e. The smallest absolute Gasteiger partial charge is 0.243 e. The Morgan fingerprint density at radius 2 is 1.87 bits per heavy atom. The highest BCUT2D eigenvalue weighted by atomic mass is 35.5. The molecule has 8 nitrogen and oxygen atoms in total. The number of hydrogen-bond donors (Lipinski definition) is 1. The summed E-state index contributed by atoms with van der Waals surface area (Å²) in [5.41, 5.74) is 1.80. The molecule has 0 radical (unpaired) electrons. The number of sulfonamides is 1. The molecule has 0 spiro atoms. The number of nitriles is 1. The van der Waals surface area contributed by atoms with Crippen molar-refractivity contribution in [3.8, 4) is 17.6 Å². The van der Waals surface area contributed by atoms with Gasteiger partial charge >= 0.3 is 0 Å². The molecule has 1 N–H and O–H groups in total. The maximum Gasteiger partial charge on any atom is 0.243 e. The highest BCUT2D eigenvalue weighted by Crippen LogP contribution is 2.40. The molecule has 0 amide bonds. The zero-order valence-electron chi connectivity index (χ0n) is 16.6. The maximum absolute atomic E-state index is 12.4. The minimum atomic E-state index is -3.70. The van der Waals surface area contributed by atoms with Crippen molar-refractivity contribution in [3.05, 3.63) is 35.4 Å². The van der Waals surface area contributed by atoms with Crippen molar-refractivity contribution in [2.75, 3.05) is 0 Å². The van der Waals surface area contributed by atoms with Gasteiger partial charge in [-0.15, -0.1) is 0 Å². The van der Waals surface area contributed by atoms with Crippen LogP contribution in [-0.2, 0) is 10.0 Å². The first-order valence-electron chi connectivity index (χ1n) is 9.76. The predicted molar refractivity (Wildman–Crippen MR) is 113 cm³/mol. The second-order valence-corrected chi connectivity index (χ2v) is 9.79. The van der Waals surface area contributed by atoms with Gasteiger partial charge in [0.05, 0.1) is 23.5 Å². The molecule has 4 rings (SSSR count). The van der Waals surface area contributed by atoms with Crippen LogP contribution >= 0.6 is 11.6 Å². The molecule has 1 aliphatic rings. The second-order valence-electron chi connectivity index (χ2n) is 7.69. The van der Waals surface area contributed by atoms with Crippen molar-refractivity contribution in [3.63, 3.8) is 0 Å². The molecule has 0 saturated heterocycles. The van der Waals surface area contributed by atoms with E-state index in [9.17, 15) is 13.7 Å². The van der Waals surface area contributed by atoms with Crippen molar-refractivity contribution in [2.45, 2.75) is 56.5 Å². The van der Waals surface area contributed by atoms with Crippen LogP contribution in [0.3, 0.4) is 0 Å². The highest BCUT2D eigenvalue weighted by molar-refractivity contribution is 7.89. The summed E-state index contributed by atoms with van der Waals surface area (Å²) in [6, 6.07) is 3.96. The fourth-order valence-corrected chi connectivity index (χ4v) is 5.30. The molecule has 0 unspecified atom stereocenters. The summed E-state index contributed by atoms with van der Waals surface area (Å²) in [6.45, 7) is 3.48. The molecular weight excluding hydrogens is 424 g/mol. The lowest BCUT2D eigenvalue weighted by molar-refractivity contribution is 0.538. The number of halogens is 1. The number of pyridine rings is 1. The molecule has 1 saturated carbocycles. The Balaban J connectivity index is 1.90. The van der Waals surface area contributed by atoms with E-state index in [0.717, 1.165) is 31.2 Å². The molecule has 156 valence electrons. The number of hydrogen-bond acceptors (Lipinski definition) is 6. The van der Waals surface area contributed by atoms with Gasteiger partial charge in [-0.2, -0.15) is 5.26 Å². The van der Waals surface area contributed by atoms with E-state index >= 15 is 0 Å². The van der Waals surface area contributed by atoms with Crippen LogP contribution in [0.2, 0.25) is 5.15 Å². The molecule has 3 aromatic rings. The summed E-state index contributed by atoms with van der Waals surface area (Å²) in [6.07, 6.45) is 8.30. The first kappa shape index (κ1) is 20.7. The quantitative estimate of drug-likeness (QED) is 0.598. The molecule has 0 bridgehead atoms. The maximum atomic E-state index is 12.4. The zero-order chi connectivity index (χ0) is 21.5. The van der Waals surface area contributed by atoms with Gasteiger partial charge in [0.1, 0.15) is 21.8 Å². The van der Waals surface area contributed by atoms with Crippen LogP contribution in [0, 0.1) is 11.3 Å². The molecule has 3 aromatic heterocycles. The Morgan fingerprint density at radius 1 is 1.20 bits per heavy atom. The Labute approximate surface area is 180 Å². The summed E-state index contributed by atoms with van der Waals surface area (Å²) >= 11 is 6.15. The first-order valence-corrected chi connectivity index (χ1v) is 11.6. The average molecular weight is 445 g/mol. The van der Waals surface area contributed by atoms with Crippen LogP contribution in [0.1, 0.15) is 51.1 Å². The van der Waals surface area contributed by atoms with Crippen molar-refractivity contribution >= 4 is 32.5 Å². The van der Waals surface area contributed by atoms with Crippen molar-refractivity contribution in [1.29, 1.82) is 5.26 Å². The normalized spacial score (nSPS) is 15.2. The van der Waals surface area contributed by atoms with Crippen LogP contribution in [0.5, 0.6) is 0 Å². The Bertz CT molecular complexity index is 1240. The molecule has 30 heavy (non-hydrogen) atoms. The van der Waals surface area contributed by atoms with Gasteiger partial charge in [0.25, 0.3) is 0 Å². The molecule has 0 atom stereocenters. The molecular formula is C20H21ClN6O2S. The minimum absolute atomic E-state index is 0.0216. The highest BCUT2D eigenvalue weighted by Gasteiger charge is 2.28. The van der Waals surface area contributed by atoms with E-state index in [0.29, 0.717) is 27.6 Å². The summed E-state index contributed by atoms with van der Waals surface area (Å²) in [4.78, 5) is 12.8. The predicted octanol–water partition coefficient (Wildman–Crippen LogP) is 3.82. The van der Waals surface area contributed by atoms with Crippen LogP contribution < -0.4 is 4.72 Å². The lowest BCUT2D eigenvalue weighted by Gasteiger charge is -2.17. The van der Waals surface area contributed by atoms with Gasteiger partial charge in [0.15, 0.2) is 5.82 Å². The van der Waals surface area contributed by atoms with E-state index in [1.807, 2.05) is 0 Å². The van der Waals surface area contributed by atoms with Gasteiger partial charge in [-0.05, 0) is 32.8 Å². The minimum Gasteiger partial charge on any atom is -0.334 e. The summed E-state index contributed by atoms with van der Waals surface area (Å²) in [5.74, 6) is 0.300. The van der Waals surface area contributed by atoms with E-state index in [2.05, 4.69) is 30.3 Å². The SMILES string of the molecule is CC(C)NS(=O)(=O)c1cnc(-c2c(C#N)c3cnc(Cl)cc3n2C2CCCC2)nc1. The summed E-state index contributed by atoms with van der Waals surface area (Å²) in [5, 5.41) is 10.9. The van der Waals surface area contributed by atoms with Crippen LogP contribution in [-0.4, -0.2) is 34.0 Å². The molecule has 1 aliphatic carbocycles. The third kappa shape index (κ3) is 3.67. The number of aromatic nitrogens is 4. The number of fused-ring (bicyclic) bond motifs is 1. The Kier molecular flexibility index (Phi) is 5.49. The number of nitrogens with one attached hydrogen (secondary N) is 1. The Morgan fingerprint density at radius 3 is 2.47 bits per heavy atom. The molecule has 10 heteroatoms. The van der Waals surface area contributed by atoms with Crippen molar-refractivity contribution in [2.24, 2.45) is 0 Å². The molecule has 0 aromatic carbocycles. The van der Waals surface area contributed by atoms with Gasteiger partial charge in [0, 0.05) is 23.7 Å². The van der Waals surface area contributed by atoms with E-state index in [1.165, 1.54) is 12.4 Å². The fraction of sp³-hybridized carbons (Fsp3) is 0.400. The fourth-order valence-electron chi connectivity index (χ4n) is 4.01. The lowest BCUT2D eigenvalue weighted by atomic mass is 10.2. The third-order valence-corrected chi connectivity index (χ3v) is 7.02. The van der Waals surface area contributed by atoms with Crippen molar-refractivity contribution in [1.82, 2.24) is 24.2 Å². The number of nitrogens with zero attached hydrogens (tertiary/aromatic N) is 5. The topological polar surface area (TPSA) is 114 Å². The molecule has 0 aliphatic heterocycles. The number of rotatable bonds is 5. The monoisotopic (exact) mass is 444 g/mol. The summed E-state index contributed by atoms with van der Waals surface area (Å²) in [7, 11) is -3.70. The zero-order valence-corrected chi connectivity index (χ0v) is 18.2. The van der Waals surface area contributed by atoms with Crippen molar-refractivity contribution < 1.29 is 8.42 Å². The molecule has 1 fully saturated rings. The van der Waals surface area contributed by atoms with Crippen LogP contribution in [0.4, 0.5) is 0 Å². The second kappa shape index (κ2) is 7.95. The van der Waals surface area contributed by atoms with Crippen LogP contribution in [0.15, 0.2) is 29.6 Å². The van der Waals surface area contributed by atoms with Gasteiger partial charge in [-0.1, -0.05) is 24.4 Å². The van der Waals surface area contributed by atoms with Gasteiger partial charge in [-0.3, -0.25) is 0 Å². The van der Waals surface area contributed by atoms with Gasteiger partial charge in [0.2, 0.25) is 10.0 Å². The average Bonchev–Trinajstić information content (AvgIpc) is 3.32. The first-order chi connectivity index (χ1) is 14.3. The summed E-state index contributed by atoms with van der Waals surface area (Å²) < 4.78 is 29.4. The standard InChI is InChI=1S/C20H21ClN6O2S/c1-12(2)26-30(28,29)14-9-24-20(25-10-14)19-15(8-22)16-11-23-18(21)7-17(16)27(19)13-5-3-4-6-13/h7,9-13,26H,3-6H2,1-2H3.